The second-order valence-corrected chi connectivity index (χ2v) is 8.43. The van der Waals surface area contributed by atoms with Crippen LogP contribution in [0, 0.1) is 0 Å². The number of benzene rings is 2. The van der Waals surface area contributed by atoms with Gasteiger partial charge in [0.15, 0.2) is 11.5 Å². The molecule has 28 heavy (non-hydrogen) atoms. The van der Waals surface area contributed by atoms with Gasteiger partial charge in [-0.2, -0.15) is 9.40 Å². The van der Waals surface area contributed by atoms with E-state index in [1.165, 1.54) is 16.7 Å². The molecule has 1 atom stereocenters. The number of sulfonamides is 1. The second-order valence-electron chi connectivity index (χ2n) is 6.43. The first-order chi connectivity index (χ1) is 13.5. The fraction of sp³-hybridized carbons (Fsp3) is 0.263. The summed E-state index contributed by atoms with van der Waals surface area (Å²) in [6, 6.07) is 11.9. The molecule has 0 saturated carbocycles. The number of hydrogen-bond acceptors (Lipinski definition) is 6. The molecule has 3 aromatic rings. The fourth-order valence-electron chi connectivity index (χ4n) is 3.02. The van der Waals surface area contributed by atoms with Crippen molar-refractivity contribution in [3.8, 4) is 17.2 Å². The lowest BCUT2D eigenvalue weighted by atomic mass is 10.1. The van der Waals surface area contributed by atoms with Crippen molar-refractivity contribution < 1.29 is 17.9 Å². The Morgan fingerprint density at radius 2 is 1.79 bits per heavy atom. The van der Waals surface area contributed by atoms with Gasteiger partial charge in [-0.1, -0.05) is 12.1 Å². The number of aromatic nitrogens is 3. The average molecular weight is 400 g/mol. The molecule has 0 radical (unpaired) electrons. The molecule has 0 spiro atoms. The van der Waals surface area contributed by atoms with E-state index < -0.39 is 10.0 Å². The molecule has 0 amide bonds. The molecule has 9 heteroatoms. The number of ether oxygens (including phenoxy) is 2. The molecule has 8 nitrogen and oxygen atoms in total. The van der Waals surface area contributed by atoms with Gasteiger partial charge in [0.25, 0.3) is 0 Å². The van der Waals surface area contributed by atoms with Crippen LogP contribution in [0.2, 0.25) is 0 Å². The van der Waals surface area contributed by atoms with E-state index in [9.17, 15) is 8.42 Å². The van der Waals surface area contributed by atoms with Crippen molar-refractivity contribution in [2.75, 3.05) is 20.3 Å². The SMILES string of the molecule is CC(c1ccc(-n2cncn2)cc1)N(C)S(=O)(=O)c1ccc2c(c1)OCCO2. The first kappa shape index (κ1) is 18.5. The molecule has 2 heterocycles. The molecule has 1 aromatic heterocycles. The topological polar surface area (TPSA) is 86.6 Å². The van der Waals surface area contributed by atoms with Crippen LogP contribution < -0.4 is 9.47 Å². The Hall–Kier alpha value is -2.91. The molecule has 1 aliphatic rings. The zero-order valence-corrected chi connectivity index (χ0v) is 16.3. The maximum absolute atomic E-state index is 13.1. The summed E-state index contributed by atoms with van der Waals surface area (Å²) in [5, 5.41) is 4.09. The van der Waals surface area contributed by atoms with Gasteiger partial charge in [-0.25, -0.2) is 18.1 Å². The quantitative estimate of drug-likeness (QED) is 0.654. The normalized spacial score (nSPS) is 14.8. The van der Waals surface area contributed by atoms with Gasteiger partial charge in [-0.3, -0.25) is 0 Å². The third kappa shape index (κ3) is 3.34. The second kappa shape index (κ2) is 7.25. The number of hydrogen-bond donors (Lipinski definition) is 0. The standard InChI is InChI=1S/C19H20N4O4S/c1-14(15-3-5-16(6-4-15)23-13-20-12-21-23)22(2)28(24,25)17-7-8-18-19(11-17)27-10-9-26-18/h3-8,11-14H,9-10H2,1-2H3. The van der Waals surface area contributed by atoms with Crippen LogP contribution in [0.4, 0.5) is 0 Å². The van der Waals surface area contributed by atoms with E-state index in [0.29, 0.717) is 24.7 Å². The van der Waals surface area contributed by atoms with Crippen molar-refractivity contribution in [2.24, 2.45) is 0 Å². The van der Waals surface area contributed by atoms with Gasteiger partial charge < -0.3 is 9.47 Å². The summed E-state index contributed by atoms with van der Waals surface area (Å²) in [5.74, 6) is 1.01. The zero-order chi connectivity index (χ0) is 19.7. The monoisotopic (exact) mass is 400 g/mol. The van der Waals surface area contributed by atoms with Gasteiger partial charge in [-0.15, -0.1) is 0 Å². The van der Waals surface area contributed by atoms with Crippen molar-refractivity contribution >= 4 is 10.0 Å². The minimum absolute atomic E-state index is 0.172. The summed E-state index contributed by atoms with van der Waals surface area (Å²) in [7, 11) is -2.13. The smallest absolute Gasteiger partial charge is 0.243 e. The maximum Gasteiger partial charge on any atom is 0.243 e. The van der Waals surface area contributed by atoms with Crippen molar-refractivity contribution in [1.29, 1.82) is 0 Å². The molecule has 1 unspecified atom stereocenters. The van der Waals surface area contributed by atoms with Crippen LogP contribution in [0.5, 0.6) is 11.5 Å². The zero-order valence-electron chi connectivity index (χ0n) is 15.5. The summed E-state index contributed by atoms with van der Waals surface area (Å²) in [6.07, 6.45) is 3.07. The number of fused-ring (bicyclic) bond motifs is 1. The van der Waals surface area contributed by atoms with Crippen LogP contribution in [0.25, 0.3) is 5.69 Å². The highest BCUT2D eigenvalue weighted by molar-refractivity contribution is 7.89. The van der Waals surface area contributed by atoms with Crippen molar-refractivity contribution in [1.82, 2.24) is 19.1 Å². The van der Waals surface area contributed by atoms with Crippen LogP contribution in [0.1, 0.15) is 18.5 Å². The Balaban J connectivity index is 1.58. The van der Waals surface area contributed by atoms with E-state index in [-0.39, 0.29) is 10.9 Å². The van der Waals surface area contributed by atoms with Crippen LogP contribution >= 0.6 is 0 Å². The Morgan fingerprint density at radius 3 is 2.46 bits per heavy atom. The lowest BCUT2D eigenvalue weighted by molar-refractivity contribution is 0.171. The molecule has 1 aliphatic heterocycles. The summed E-state index contributed by atoms with van der Waals surface area (Å²) in [4.78, 5) is 4.10. The Bertz CT molecular complexity index is 1070. The summed E-state index contributed by atoms with van der Waals surface area (Å²) < 4.78 is 40.2. The van der Waals surface area contributed by atoms with E-state index in [1.54, 1.807) is 30.2 Å². The highest BCUT2D eigenvalue weighted by Crippen LogP contribution is 2.34. The van der Waals surface area contributed by atoms with Gasteiger partial charge in [0, 0.05) is 19.2 Å². The molecule has 0 saturated heterocycles. The first-order valence-electron chi connectivity index (χ1n) is 8.79. The minimum atomic E-state index is -3.70. The van der Waals surface area contributed by atoms with Crippen LogP contribution in [-0.2, 0) is 10.0 Å². The van der Waals surface area contributed by atoms with E-state index in [1.807, 2.05) is 31.2 Å². The highest BCUT2D eigenvalue weighted by atomic mass is 32.2. The Kier molecular flexibility index (Phi) is 4.78. The summed E-state index contributed by atoms with van der Waals surface area (Å²) >= 11 is 0. The molecule has 0 fully saturated rings. The average Bonchev–Trinajstić information content (AvgIpc) is 3.27. The van der Waals surface area contributed by atoms with Crippen LogP contribution in [0.3, 0.4) is 0 Å². The van der Waals surface area contributed by atoms with E-state index in [2.05, 4.69) is 10.1 Å². The van der Waals surface area contributed by atoms with Crippen molar-refractivity contribution in [3.63, 3.8) is 0 Å². The molecule has 146 valence electrons. The Morgan fingerprint density at radius 1 is 1.07 bits per heavy atom. The van der Waals surface area contributed by atoms with Crippen molar-refractivity contribution in [2.45, 2.75) is 17.9 Å². The number of nitrogens with zero attached hydrogens (tertiary/aromatic N) is 4. The van der Waals surface area contributed by atoms with Crippen LogP contribution in [-0.4, -0.2) is 47.7 Å². The highest BCUT2D eigenvalue weighted by Gasteiger charge is 2.28. The summed E-state index contributed by atoms with van der Waals surface area (Å²) in [5.41, 5.74) is 1.72. The van der Waals surface area contributed by atoms with Gasteiger partial charge in [0.1, 0.15) is 25.9 Å². The van der Waals surface area contributed by atoms with Gasteiger partial charge in [0.2, 0.25) is 10.0 Å². The largest absolute Gasteiger partial charge is 0.486 e. The minimum Gasteiger partial charge on any atom is -0.486 e. The molecule has 0 aliphatic carbocycles. The molecular formula is C19H20N4O4S. The van der Waals surface area contributed by atoms with E-state index in [4.69, 9.17) is 9.47 Å². The third-order valence-electron chi connectivity index (χ3n) is 4.79. The predicted octanol–water partition coefficient (Wildman–Crippen LogP) is 2.42. The fourth-order valence-corrected chi connectivity index (χ4v) is 4.38. The van der Waals surface area contributed by atoms with Gasteiger partial charge >= 0.3 is 0 Å². The molecular weight excluding hydrogens is 380 g/mol. The third-order valence-corrected chi connectivity index (χ3v) is 6.72. The maximum atomic E-state index is 13.1. The van der Waals surface area contributed by atoms with Crippen LogP contribution in [0.15, 0.2) is 60.0 Å². The lowest BCUT2D eigenvalue weighted by Crippen LogP contribution is -2.30. The lowest BCUT2D eigenvalue weighted by Gasteiger charge is -2.26. The molecule has 0 N–H and O–H groups in total. The van der Waals surface area contributed by atoms with Crippen molar-refractivity contribution in [3.05, 3.63) is 60.7 Å². The predicted molar refractivity (Wildman–Crippen MR) is 102 cm³/mol. The molecule has 0 bridgehead atoms. The van der Waals surface area contributed by atoms with E-state index in [0.717, 1.165) is 11.3 Å². The molecule has 4 rings (SSSR count). The van der Waals surface area contributed by atoms with Gasteiger partial charge in [-0.05, 0) is 36.8 Å². The molecule has 2 aromatic carbocycles. The van der Waals surface area contributed by atoms with E-state index >= 15 is 0 Å². The number of rotatable bonds is 5. The Labute approximate surface area is 163 Å². The van der Waals surface area contributed by atoms with Gasteiger partial charge in [0.05, 0.1) is 10.6 Å². The summed E-state index contributed by atoms with van der Waals surface area (Å²) in [6.45, 7) is 2.71. The first-order valence-corrected chi connectivity index (χ1v) is 10.2.